The molecule has 0 saturated carbocycles. The number of benzene rings is 1. The summed E-state index contributed by atoms with van der Waals surface area (Å²) in [5.41, 5.74) is 6.22. The zero-order chi connectivity index (χ0) is 18.8. The molecule has 2 aromatic rings. The molecule has 26 heavy (non-hydrogen) atoms. The van der Waals surface area contributed by atoms with Crippen LogP contribution in [-0.4, -0.2) is 31.0 Å². The van der Waals surface area contributed by atoms with Gasteiger partial charge in [0.2, 0.25) is 0 Å². The zero-order valence-electron chi connectivity index (χ0n) is 14.9. The van der Waals surface area contributed by atoms with Crippen LogP contribution < -0.4 is 21.1 Å². The number of hydrogen-bond acceptors (Lipinski definition) is 5. The van der Waals surface area contributed by atoms with Crippen molar-refractivity contribution < 1.29 is 18.7 Å². The third kappa shape index (κ3) is 6.25. The molecular weight excluding hydrogens is 334 g/mol. The number of carbonyl (C=O) groups excluding carboxylic acids is 2. The summed E-state index contributed by atoms with van der Waals surface area (Å²) in [4.78, 5) is 24.0. The van der Waals surface area contributed by atoms with Crippen LogP contribution in [0.15, 0.2) is 47.1 Å². The highest BCUT2D eigenvalue weighted by atomic mass is 16.5. The maximum absolute atomic E-state index is 12.0. The molecule has 140 valence electrons. The number of anilines is 1. The zero-order valence-corrected chi connectivity index (χ0v) is 14.9. The Morgan fingerprint density at radius 3 is 2.81 bits per heavy atom. The van der Waals surface area contributed by atoms with Gasteiger partial charge in [-0.1, -0.05) is 25.8 Å². The maximum atomic E-state index is 12.0. The van der Waals surface area contributed by atoms with E-state index in [2.05, 4.69) is 17.6 Å². The fourth-order valence-electron chi connectivity index (χ4n) is 2.38. The van der Waals surface area contributed by atoms with E-state index in [1.807, 2.05) is 0 Å². The predicted molar refractivity (Wildman–Crippen MR) is 99.1 cm³/mol. The average molecular weight is 359 g/mol. The normalized spacial score (nSPS) is 11.6. The molecule has 0 aliphatic rings. The molecule has 1 heterocycles. The van der Waals surface area contributed by atoms with E-state index >= 15 is 0 Å². The van der Waals surface area contributed by atoms with Crippen molar-refractivity contribution in [3.05, 3.63) is 48.4 Å². The van der Waals surface area contributed by atoms with Gasteiger partial charge in [-0.3, -0.25) is 9.59 Å². The molecule has 2 rings (SSSR count). The van der Waals surface area contributed by atoms with Gasteiger partial charge in [0.1, 0.15) is 5.75 Å². The van der Waals surface area contributed by atoms with E-state index in [0.717, 1.165) is 19.3 Å². The number of unbranched alkanes of at least 4 members (excludes halogenated alkanes) is 1. The molecule has 0 fully saturated rings. The summed E-state index contributed by atoms with van der Waals surface area (Å²) in [6, 6.07) is 10.00. The lowest BCUT2D eigenvalue weighted by molar-refractivity contribution is -0.123. The van der Waals surface area contributed by atoms with Crippen LogP contribution in [0, 0.1) is 0 Å². The Labute approximate surface area is 152 Å². The molecule has 4 N–H and O–H groups in total. The van der Waals surface area contributed by atoms with Crippen LogP contribution in [0.4, 0.5) is 5.69 Å². The molecule has 0 aliphatic heterocycles. The van der Waals surface area contributed by atoms with E-state index in [0.29, 0.717) is 18.0 Å². The summed E-state index contributed by atoms with van der Waals surface area (Å²) in [6.45, 7) is 2.38. The molecule has 0 saturated heterocycles. The summed E-state index contributed by atoms with van der Waals surface area (Å²) in [5, 5.41) is 5.57. The minimum atomic E-state index is -0.355. The Kier molecular flexibility index (Phi) is 7.70. The van der Waals surface area contributed by atoms with Crippen LogP contribution in [0.1, 0.15) is 36.7 Å². The third-order valence-corrected chi connectivity index (χ3v) is 3.76. The van der Waals surface area contributed by atoms with Crippen molar-refractivity contribution in [2.75, 3.05) is 18.5 Å². The first-order valence-electron chi connectivity index (χ1n) is 8.69. The Balaban J connectivity index is 1.84. The van der Waals surface area contributed by atoms with Gasteiger partial charge in [-0.05, 0) is 30.7 Å². The van der Waals surface area contributed by atoms with E-state index in [4.69, 9.17) is 14.9 Å². The molecule has 0 aliphatic carbocycles. The number of nitrogens with one attached hydrogen (secondary N) is 2. The van der Waals surface area contributed by atoms with Crippen molar-refractivity contribution >= 4 is 17.5 Å². The smallest absolute Gasteiger partial charge is 0.291 e. The van der Waals surface area contributed by atoms with Gasteiger partial charge < -0.3 is 25.5 Å². The number of hydrogen-bond donors (Lipinski definition) is 3. The maximum Gasteiger partial charge on any atom is 0.291 e. The van der Waals surface area contributed by atoms with Gasteiger partial charge in [0.15, 0.2) is 12.4 Å². The van der Waals surface area contributed by atoms with Crippen molar-refractivity contribution in [1.29, 1.82) is 0 Å². The number of ether oxygens (including phenoxy) is 1. The van der Waals surface area contributed by atoms with Gasteiger partial charge in [0.25, 0.3) is 11.8 Å². The van der Waals surface area contributed by atoms with E-state index in [1.54, 1.807) is 36.4 Å². The molecule has 1 aromatic carbocycles. The molecule has 7 heteroatoms. The highest BCUT2D eigenvalue weighted by Crippen LogP contribution is 2.18. The van der Waals surface area contributed by atoms with Gasteiger partial charge in [-0.15, -0.1) is 0 Å². The third-order valence-electron chi connectivity index (χ3n) is 3.76. The lowest BCUT2D eigenvalue weighted by Gasteiger charge is -2.16. The Hall–Kier alpha value is -2.80. The van der Waals surface area contributed by atoms with E-state index in [1.165, 1.54) is 6.26 Å². The van der Waals surface area contributed by atoms with E-state index in [9.17, 15) is 9.59 Å². The fraction of sp³-hybridized carbons (Fsp3) is 0.368. The Morgan fingerprint density at radius 2 is 2.12 bits per heavy atom. The SMILES string of the molecule is CCCCC(CN)NC(=O)COc1cccc(NC(=O)c2ccco2)c1. The van der Waals surface area contributed by atoms with Crippen molar-refractivity contribution in [1.82, 2.24) is 5.32 Å². The van der Waals surface area contributed by atoms with Gasteiger partial charge in [-0.2, -0.15) is 0 Å². The van der Waals surface area contributed by atoms with Crippen molar-refractivity contribution in [2.45, 2.75) is 32.2 Å². The van der Waals surface area contributed by atoms with Crippen molar-refractivity contribution in [3.63, 3.8) is 0 Å². The van der Waals surface area contributed by atoms with Crippen LogP contribution in [-0.2, 0) is 4.79 Å². The summed E-state index contributed by atoms with van der Waals surface area (Å²) in [7, 11) is 0. The molecular formula is C19H25N3O4. The Morgan fingerprint density at radius 1 is 1.27 bits per heavy atom. The molecule has 1 unspecified atom stereocenters. The van der Waals surface area contributed by atoms with Crippen LogP contribution in [0.25, 0.3) is 0 Å². The van der Waals surface area contributed by atoms with Gasteiger partial charge in [0.05, 0.1) is 6.26 Å². The van der Waals surface area contributed by atoms with Crippen LogP contribution in [0.5, 0.6) is 5.75 Å². The number of amides is 2. The summed E-state index contributed by atoms with van der Waals surface area (Å²) >= 11 is 0. The first-order valence-corrected chi connectivity index (χ1v) is 8.69. The lowest BCUT2D eigenvalue weighted by atomic mass is 10.1. The second-order valence-corrected chi connectivity index (χ2v) is 5.89. The molecule has 7 nitrogen and oxygen atoms in total. The second kappa shape index (κ2) is 10.2. The van der Waals surface area contributed by atoms with Crippen LogP contribution >= 0.6 is 0 Å². The second-order valence-electron chi connectivity index (χ2n) is 5.89. The minimum Gasteiger partial charge on any atom is -0.484 e. The van der Waals surface area contributed by atoms with Gasteiger partial charge in [-0.25, -0.2) is 0 Å². The monoisotopic (exact) mass is 359 g/mol. The van der Waals surface area contributed by atoms with E-state index in [-0.39, 0.29) is 30.2 Å². The minimum absolute atomic E-state index is 0.0371. The Bertz CT molecular complexity index is 701. The molecule has 1 aromatic heterocycles. The molecule has 0 bridgehead atoms. The van der Waals surface area contributed by atoms with Gasteiger partial charge in [0, 0.05) is 24.3 Å². The van der Waals surface area contributed by atoms with Crippen molar-refractivity contribution in [2.24, 2.45) is 5.73 Å². The summed E-state index contributed by atoms with van der Waals surface area (Å²) < 4.78 is 10.5. The number of carbonyl (C=O) groups is 2. The molecule has 2 amide bonds. The first-order chi connectivity index (χ1) is 12.6. The van der Waals surface area contributed by atoms with Crippen LogP contribution in [0.2, 0.25) is 0 Å². The quantitative estimate of drug-likeness (QED) is 0.604. The first kappa shape index (κ1) is 19.5. The highest BCUT2D eigenvalue weighted by Gasteiger charge is 2.12. The number of furan rings is 1. The topological polar surface area (TPSA) is 107 Å². The predicted octanol–water partition coefficient (Wildman–Crippen LogP) is 2.54. The fourth-order valence-corrected chi connectivity index (χ4v) is 2.38. The van der Waals surface area contributed by atoms with Crippen molar-refractivity contribution in [3.8, 4) is 5.75 Å². The number of rotatable bonds is 10. The van der Waals surface area contributed by atoms with Gasteiger partial charge >= 0.3 is 0 Å². The standard InChI is InChI=1S/C19H25N3O4/c1-2-3-6-15(12-20)21-18(23)13-26-16-8-4-7-14(11-16)22-19(24)17-9-5-10-25-17/h4-5,7-11,15H,2-3,6,12-13,20H2,1H3,(H,21,23)(H,22,24). The lowest BCUT2D eigenvalue weighted by Crippen LogP contribution is -2.42. The summed E-state index contributed by atoms with van der Waals surface area (Å²) in [6.07, 6.45) is 4.36. The van der Waals surface area contributed by atoms with Crippen LogP contribution in [0.3, 0.4) is 0 Å². The average Bonchev–Trinajstić information content (AvgIpc) is 3.18. The highest BCUT2D eigenvalue weighted by molar-refractivity contribution is 6.02. The molecule has 0 spiro atoms. The van der Waals surface area contributed by atoms with E-state index < -0.39 is 0 Å². The molecule has 0 radical (unpaired) electrons. The molecule has 1 atom stereocenters. The number of nitrogens with two attached hydrogens (primary N) is 1. The largest absolute Gasteiger partial charge is 0.484 e. The summed E-state index contributed by atoms with van der Waals surface area (Å²) in [5.74, 6) is 0.124.